The Bertz CT molecular complexity index is 1010. The van der Waals surface area contributed by atoms with Gasteiger partial charge in [-0.25, -0.2) is 0 Å². The third kappa shape index (κ3) is 4.07. The summed E-state index contributed by atoms with van der Waals surface area (Å²) in [5.74, 6) is 0.356. The van der Waals surface area contributed by atoms with Gasteiger partial charge in [-0.2, -0.15) is 0 Å². The predicted octanol–water partition coefficient (Wildman–Crippen LogP) is 7.10. The van der Waals surface area contributed by atoms with E-state index in [4.69, 9.17) is 11.6 Å². The molecule has 1 atom stereocenters. The topological polar surface area (TPSA) is 17.1 Å². The van der Waals surface area contributed by atoms with E-state index >= 15 is 0 Å². The Kier molecular flexibility index (Phi) is 5.29. The molecular formula is C24H18BrClO. The number of rotatable bonds is 4. The van der Waals surface area contributed by atoms with Crippen LogP contribution in [0.4, 0.5) is 0 Å². The van der Waals surface area contributed by atoms with Crippen molar-refractivity contribution in [1.82, 2.24) is 0 Å². The van der Waals surface area contributed by atoms with Crippen molar-refractivity contribution in [2.75, 3.05) is 0 Å². The van der Waals surface area contributed by atoms with Gasteiger partial charge in [-0.1, -0.05) is 63.9 Å². The lowest BCUT2D eigenvalue weighted by Crippen LogP contribution is -2.15. The SMILES string of the molecule is O=C(C1=Cc2ccc(Br)cc2C(Cc2ccccc2)C1)c1ccc(Cl)cc1. The van der Waals surface area contributed by atoms with Crippen molar-refractivity contribution in [2.24, 2.45) is 0 Å². The highest BCUT2D eigenvalue weighted by atomic mass is 79.9. The summed E-state index contributed by atoms with van der Waals surface area (Å²) >= 11 is 9.56. The van der Waals surface area contributed by atoms with Gasteiger partial charge in [-0.3, -0.25) is 4.79 Å². The van der Waals surface area contributed by atoms with Gasteiger partial charge >= 0.3 is 0 Å². The van der Waals surface area contributed by atoms with E-state index in [0.29, 0.717) is 10.6 Å². The van der Waals surface area contributed by atoms with E-state index < -0.39 is 0 Å². The molecule has 0 saturated carbocycles. The zero-order chi connectivity index (χ0) is 18.8. The Labute approximate surface area is 172 Å². The summed E-state index contributed by atoms with van der Waals surface area (Å²) < 4.78 is 1.07. The van der Waals surface area contributed by atoms with Crippen LogP contribution in [0.15, 0.2) is 82.8 Å². The number of ketones is 1. The lowest BCUT2D eigenvalue weighted by Gasteiger charge is -2.26. The number of hydrogen-bond donors (Lipinski definition) is 0. The molecule has 0 spiro atoms. The fraction of sp³-hybridized carbons (Fsp3) is 0.125. The number of hydrogen-bond acceptors (Lipinski definition) is 1. The normalized spacial score (nSPS) is 15.8. The Morgan fingerprint density at radius 2 is 1.74 bits per heavy atom. The monoisotopic (exact) mass is 436 g/mol. The molecule has 1 aliphatic rings. The Hall–Kier alpha value is -2.16. The molecule has 0 aromatic heterocycles. The molecule has 4 rings (SSSR count). The van der Waals surface area contributed by atoms with Crippen molar-refractivity contribution in [2.45, 2.75) is 18.8 Å². The molecule has 3 aromatic carbocycles. The molecule has 0 radical (unpaired) electrons. The van der Waals surface area contributed by atoms with Gasteiger partial charge in [0.15, 0.2) is 5.78 Å². The zero-order valence-electron chi connectivity index (χ0n) is 14.7. The summed E-state index contributed by atoms with van der Waals surface area (Å²) in [6.45, 7) is 0. The number of benzene rings is 3. The first kappa shape index (κ1) is 18.2. The number of carbonyl (C=O) groups excluding carboxylic acids is 1. The first-order chi connectivity index (χ1) is 13.1. The number of allylic oxidation sites excluding steroid dienone is 1. The number of halogens is 2. The Morgan fingerprint density at radius 3 is 2.48 bits per heavy atom. The minimum atomic E-state index is 0.0818. The average molecular weight is 438 g/mol. The Balaban J connectivity index is 1.70. The van der Waals surface area contributed by atoms with Gasteiger partial charge in [0.25, 0.3) is 0 Å². The van der Waals surface area contributed by atoms with Crippen LogP contribution >= 0.6 is 27.5 Å². The molecule has 0 saturated heterocycles. The lowest BCUT2D eigenvalue weighted by molar-refractivity contribution is 0.103. The van der Waals surface area contributed by atoms with Gasteiger partial charge in [-0.05, 0) is 77.9 Å². The van der Waals surface area contributed by atoms with Gasteiger partial charge in [0.05, 0.1) is 0 Å². The van der Waals surface area contributed by atoms with Crippen molar-refractivity contribution < 1.29 is 4.79 Å². The molecule has 0 bridgehead atoms. The van der Waals surface area contributed by atoms with Gasteiger partial charge in [0.1, 0.15) is 0 Å². The lowest BCUT2D eigenvalue weighted by atomic mass is 9.78. The van der Waals surface area contributed by atoms with Crippen LogP contribution in [-0.4, -0.2) is 5.78 Å². The summed E-state index contributed by atoms with van der Waals surface area (Å²) in [6, 6.07) is 23.9. The van der Waals surface area contributed by atoms with Crippen LogP contribution in [0.5, 0.6) is 0 Å². The summed E-state index contributed by atoms with van der Waals surface area (Å²) in [7, 11) is 0. The van der Waals surface area contributed by atoms with Crippen LogP contribution in [0.2, 0.25) is 5.02 Å². The first-order valence-electron chi connectivity index (χ1n) is 8.94. The van der Waals surface area contributed by atoms with Crippen molar-refractivity contribution in [3.8, 4) is 0 Å². The van der Waals surface area contributed by atoms with E-state index in [1.807, 2.05) is 18.2 Å². The second-order valence-corrected chi connectivity index (χ2v) is 8.22. The van der Waals surface area contributed by atoms with Crippen molar-refractivity contribution in [3.63, 3.8) is 0 Å². The van der Waals surface area contributed by atoms with E-state index in [2.05, 4.69) is 52.3 Å². The van der Waals surface area contributed by atoms with Crippen molar-refractivity contribution >= 4 is 39.4 Å². The maximum absolute atomic E-state index is 13.1. The molecule has 3 heteroatoms. The molecule has 1 nitrogen and oxygen atoms in total. The van der Waals surface area contributed by atoms with Crippen LogP contribution in [0.1, 0.15) is 39.4 Å². The van der Waals surface area contributed by atoms with Crippen LogP contribution in [0.3, 0.4) is 0 Å². The molecular weight excluding hydrogens is 420 g/mol. The molecule has 0 aliphatic heterocycles. The molecule has 1 unspecified atom stereocenters. The first-order valence-corrected chi connectivity index (χ1v) is 10.1. The minimum Gasteiger partial charge on any atom is -0.289 e. The van der Waals surface area contributed by atoms with Crippen LogP contribution < -0.4 is 0 Å². The second-order valence-electron chi connectivity index (χ2n) is 6.87. The molecule has 134 valence electrons. The van der Waals surface area contributed by atoms with Crippen molar-refractivity contribution in [1.29, 1.82) is 0 Å². The fourth-order valence-corrected chi connectivity index (χ4v) is 4.18. The molecule has 3 aromatic rings. The average Bonchev–Trinajstić information content (AvgIpc) is 2.69. The maximum Gasteiger partial charge on any atom is 0.189 e. The number of Topliss-reactive ketones (excluding diaryl/α,β-unsaturated/α-hetero) is 1. The predicted molar refractivity (Wildman–Crippen MR) is 115 cm³/mol. The largest absolute Gasteiger partial charge is 0.289 e. The number of carbonyl (C=O) groups is 1. The summed E-state index contributed by atoms with van der Waals surface area (Å²) in [5.41, 5.74) is 5.25. The molecule has 27 heavy (non-hydrogen) atoms. The van der Waals surface area contributed by atoms with E-state index in [0.717, 1.165) is 28.5 Å². The maximum atomic E-state index is 13.1. The summed E-state index contributed by atoms with van der Waals surface area (Å²) in [4.78, 5) is 13.1. The molecule has 0 heterocycles. The highest BCUT2D eigenvalue weighted by Gasteiger charge is 2.25. The van der Waals surface area contributed by atoms with Gasteiger partial charge in [0, 0.05) is 20.6 Å². The zero-order valence-corrected chi connectivity index (χ0v) is 17.0. The summed E-state index contributed by atoms with van der Waals surface area (Å²) in [5, 5.41) is 0.640. The highest BCUT2D eigenvalue weighted by Crippen LogP contribution is 2.38. The third-order valence-electron chi connectivity index (χ3n) is 5.01. The van der Waals surface area contributed by atoms with E-state index in [9.17, 15) is 4.79 Å². The smallest absolute Gasteiger partial charge is 0.189 e. The van der Waals surface area contributed by atoms with Crippen LogP contribution in [0, 0.1) is 0 Å². The number of fused-ring (bicyclic) bond motifs is 1. The van der Waals surface area contributed by atoms with E-state index in [1.165, 1.54) is 11.1 Å². The van der Waals surface area contributed by atoms with Gasteiger partial charge in [0.2, 0.25) is 0 Å². The van der Waals surface area contributed by atoms with Crippen molar-refractivity contribution in [3.05, 3.63) is 110 Å². The molecule has 0 amide bonds. The third-order valence-corrected chi connectivity index (χ3v) is 5.75. The molecule has 0 N–H and O–H groups in total. The highest BCUT2D eigenvalue weighted by molar-refractivity contribution is 9.10. The molecule has 0 fully saturated rings. The van der Waals surface area contributed by atoms with E-state index in [1.54, 1.807) is 24.3 Å². The van der Waals surface area contributed by atoms with Crippen LogP contribution in [-0.2, 0) is 6.42 Å². The minimum absolute atomic E-state index is 0.0818. The van der Waals surface area contributed by atoms with Gasteiger partial charge in [-0.15, -0.1) is 0 Å². The summed E-state index contributed by atoms with van der Waals surface area (Å²) in [6.07, 6.45) is 3.69. The standard InChI is InChI=1S/C24H18BrClO/c25-21-9-6-18-13-20(24(27)17-7-10-22(26)11-8-17)14-19(23(18)15-21)12-16-4-2-1-3-5-16/h1-11,13,15,19H,12,14H2. The Morgan fingerprint density at radius 1 is 1.00 bits per heavy atom. The molecule has 1 aliphatic carbocycles. The second kappa shape index (κ2) is 7.84. The van der Waals surface area contributed by atoms with Gasteiger partial charge < -0.3 is 0 Å². The van der Waals surface area contributed by atoms with E-state index in [-0.39, 0.29) is 11.7 Å². The fourth-order valence-electron chi connectivity index (χ4n) is 3.68. The van der Waals surface area contributed by atoms with Crippen LogP contribution in [0.25, 0.3) is 6.08 Å². The quantitative estimate of drug-likeness (QED) is 0.398.